The highest BCUT2D eigenvalue weighted by Gasteiger charge is 2.18. The summed E-state index contributed by atoms with van der Waals surface area (Å²) in [6.45, 7) is 0. The van der Waals surface area contributed by atoms with Crippen LogP contribution in [-0.4, -0.2) is 21.5 Å². The lowest BCUT2D eigenvalue weighted by Gasteiger charge is -2.16. The van der Waals surface area contributed by atoms with Gasteiger partial charge < -0.3 is 10.2 Å². The largest absolute Gasteiger partial charge is 0.508 e. The van der Waals surface area contributed by atoms with E-state index in [4.69, 9.17) is 5.11 Å². The van der Waals surface area contributed by atoms with Gasteiger partial charge >= 0.3 is 5.97 Å². The molecule has 0 aromatic heterocycles. The van der Waals surface area contributed by atoms with E-state index in [1.807, 2.05) is 12.1 Å². The number of unbranched alkanes of at least 4 members (excludes halogenated alkanes) is 3. The van der Waals surface area contributed by atoms with Crippen molar-refractivity contribution in [2.45, 2.75) is 44.4 Å². The van der Waals surface area contributed by atoms with Gasteiger partial charge in [-0.3, -0.25) is 4.79 Å². The number of aromatic hydroxyl groups is 1. The molecule has 0 saturated carbocycles. The smallest absolute Gasteiger partial charge is 0.303 e. The zero-order valence-electron chi connectivity index (χ0n) is 11.0. The van der Waals surface area contributed by atoms with Crippen LogP contribution in [0.1, 0.15) is 50.0 Å². The molecule has 3 nitrogen and oxygen atoms in total. The summed E-state index contributed by atoms with van der Waals surface area (Å²) in [6, 6.07) is 7.04. The molecular formula is C15H21BrO3. The van der Waals surface area contributed by atoms with Crippen LogP contribution in [0.4, 0.5) is 0 Å². The van der Waals surface area contributed by atoms with Gasteiger partial charge in [-0.15, -0.1) is 0 Å². The number of carboxylic acids is 1. The summed E-state index contributed by atoms with van der Waals surface area (Å²) in [5, 5.41) is 19.8. The molecule has 106 valence electrons. The Balaban J connectivity index is 2.57. The molecule has 0 radical (unpaired) electrons. The fourth-order valence-electron chi connectivity index (χ4n) is 2.25. The fourth-order valence-corrected chi connectivity index (χ4v) is 2.65. The summed E-state index contributed by atoms with van der Waals surface area (Å²) >= 11 is 3.40. The summed E-state index contributed by atoms with van der Waals surface area (Å²) < 4.78 is 0. The van der Waals surface area contributed by atoms with E-state index in [1.165, 1.54) is 0 Å². The van der Waals surface area contributed by atoms with Crippen LogP contribution in [0.5, 0.6) is 5.75 Å². The summed E-state index contributed by atoms with van der Waals surface area (Å²) in [6.07, 6.45) is 5.31. The van der Waals surface area contributed by atoms with Crippen molar-refractivity contribution < 1.29 is 15.0 Å². The van der Waals surface area contributed by atoms with Crippen molar-refractivity contribution in [1.82, 2.24) is 0 Å². The second-order valence-corrected chi connectivity index (χ2v) is 5.54. The van der Waals surface area contributed by atoms with E-state index < -0.39 is 5.97 Å². The number of carboxylic acid groups (broad SMARTS) is 1. The lowest BCUT2D eigenvalue weighted by atomic mass is 9.89. The number of phenols is 1. The van der Waals surface area contributed by atoms with E-state index in [-0.39, 0.29) is 18.1 Å². The van der Waals surface area contributed by atoms with Gasteiger partial charge in [-0.25, -0.2) is 0 Å². The average molecular weight is 329 g/mol. The molecule has 1 rings (SSSR count). The van der Waals surface area contributed by atoms with E-state index in [1.54, 1.807) is 12.1 Å². The Kier molecular flexibility index (Phi) is 7.56. The van der Waals surface area contributed by atoms with Crippen molar-refractivity contribution in [1.29, 1.82) is 0 Å². The van der Waals surface area contributed by atoms with E-state index in [0.29, 0.717) is 0 Å². The summed E-state index contributed by atoms with van der Waals surface area (Å²) in [7, 11) is 0. The highest BCUT2D eigenvalue weighted by atomic mass is 79.9. The first kappa shape index (κ1) is 16.0. The molecule has 0 spiro atoms. The number of benzene rings is 1. The minimum absolute atomic E-state index is 0.0794. The van der Waals surface area contributed by atoms with Crippen molar-refractivity contribution in [2.75, 3.05) is 5.33 Å². The quantitative estimate of drug-likeness (QED) is 0.525. The number of phenolic OH excluding ortho intramolecular Hbond substituents is 1. The van der Waals surface area contributed by atoms with Crippen LogP contribution in [0.2, 0.25) is 0 Å². The predicted molar refractivity (Wildman–Crippen MR) is 80.0 cm³/mol. The van der Waals surface area contributed by atoms with E-state index in [0.717, 1.165) is 43.0 Å². The lowest BCUT2D eigenvalue weighted by molar-refractivity contribution is -0.137. The van der Waals surface area contributed by atoms with Crippen LogP contribution >= 0.6 is 15.9 Å². The highest BCUT2D eigenvalue weighted by Crippen LogP contribution is 2.32. The molecule has 1 aromatic rings. The first-order valence-corrected chi connectivity index (χ1v) is 7.83. The third-order valence-electron chi connectivity index (χ3n) is 3.23. The van der Waals surface area contributed by atoms with Crippen LogP contribution in [0.3, 0.4) is 0 Å². The summed E-state index contributed by atoms with van der Waals surface area (Å²) in [5.74, 6) is -0.703. The van der Waals surface area contributed by atoms with E-state index >= 15 is 0 Å². The first-order valence-electron chi connectivity index (χ1n) is 6.70. The van der Waals surface area contributed by atoms with Crippen molar-refractivity contribution >= 4 is 21.9 Å². The van der Waals surface area contributed by atoms with Gasteiger partial charge in [-0.1, -0.05) is 53.4 Å². The van der Waals surface area contributed by atoms with Gasteiger partial charge in [0.1, 0.15) is 5.75 Å². The number of halogens is 1. The molecule has 2 N–H and O–H groups in total. The first-order chi connectivity index (χ1) is 9.15. The van der Waals surface area contributed by atoms with Crippen molar-refractivity contribution in [3.05, 3.63) is 29.8 Å². The third kappa shape index (κ3) is 6.10. The number of para-hydroxylation sites is 1. The Morgan fingerprint density at radius 2 is 1.84 bits per heavy atom. The second-order valence-electron chi connectivity index (χ2n) is 4.75. The normalized spacial score (nSPS) is 12.3. The molecular weight excluding hydrogens is 308 g/mol. The monoisotopic (exact) mass is 328 g/mol. The molecule has 0 amide bonds. The average Bonchev–Trinajstić information content (AvgIpc) is 2.37. The standard InChI is InChI=1S/C15H21BrO3/c16-10-6-2-1-3-7-12(11-15(18)19)13-8-4-5-9-14(13)17/h4-5,8-9,12,17H,1-3,6-7,10-11H2,(H,18,19). The molecule has 0 aliphatic rings. The van der Waals surface area contributed by atoms with Gasteiger partial charge in [0.25, 0.3) is 0 Å². The Morgan fingerprint density at radius 3 is 2.47 bits per heavy atom. The topological polar surface area (TPSA) is 57.5 Å². The van der Waals surface area contributed by atoms with Crippen LogP contribution in [-0.2, 0) is 4.79 Å². The van der Waals surface area contributed by atoms with Gasteiger partial charge in [-0.2, -0.15) is 0 Å². The lowest BCUT2D eigenvalue weighted by Crippen LogP contribution is -2.07. The van der Waals surface area contributed by atoms with Crippen molar-refractivity contribution in [3.8, 4) is 5.75 Å². The number of aliphatic carboxylic acids is 1. The van der Waals surface area contributed by atoms with Crippen LogP contribution in [0.15, 0.2) is 24.3 Å². The number of alkyl halides is 1. The Bertz CT molecular complexity index is 393. The Hall–Kier alpha value is -1.03. The van der Waals surface area contributed by atoms with Crippen molar-refractivity contribution in [2.24, 2.45) is 0 Å². The Morgan fingerprint density at radius 1 is 1.16 bits per heavy atom. The molecule has 0 heterocycles. The molecule has 1 atom stereocenters. The molecule has 1 unspecified atom stereocenters. The number of hydrogen-bond acceptors (Lipinski definition) is 2. The molecule has 0 bridgehead atoms. The number of carbonyl (C=O) groups is 1. The minimum atomic E-state index is -0.811. The van der Waals surface area contributed by atoms with Crippen LogP contribution < -0.4 is 0 Å². The van der Waals surface area contributed by atoms with Crippen LogP contribution in [0, 0.1) is 0 Å². The summed E-state index contributed by atoms with van der Waals surface area (Å²) in [4.78, 5) is 10.9. The van der Waals surface area contributed by atoms with Gasteiger partial charge in [0.05, 0.1) is 6.42 Å². The maximum atomic E-state index is 10.9. The number of rotatable bonds is 9. The number of hydrogen-bond donors (Lipinski definition) is 2. The zero-order valence-corrected chi connectivity index (χ0v) is 12.6. The Labute approximate surface area is 122 Å². The zero-order chi connectivity index (χ0) is 14.1. The second kappa shape index (κ2) is 8.97. The van der Waals surface area contributed by atoms with E-state index in [2.05, 4.69) is 15.9 Å². The molecule has 1 aromatic carbocycles. The maximum Gasteiger partial charge on any atom is 0.303 e. The molecule has 4 heteroatoms. The van der Waals surface area contributed by atoms with E-state index in [9.17, 15) is 9.90 Å². The highest BCUT2D eigenvalue weighted by molar-refractivity contribution is 9.09. The molecule has 0 aliphatic carbocycles. The SMILES string of the molecule is O=C(O)CC(CCCCCCBr)c1ccccc1O. The van der Waals surface area contributed by atoms with Gasteiger partial charge in [0.2, 0.25) is 0 Å². The van der Waals surface area contributed by atoms with Gasteiger partial charge in [0.15, 0.2) is 0 Å². The molecule has 19 heavy (non-hydrogen) atoms. The predicted octanol–water partition coefficient (Wildman–Crippen LogP) is 4.30. The third-order valence-corrected chi connectivity index (χ3v) is 3.79. The molecule has 0 saturated heterocycles. The maximum absolute atomic E-state index is 10.9. The van der Waals surface area contributed by atoms with Gasteiger partial charge in [-0.05, 0) is 30.4 Å². The van der Waals surface area contributed by atoms with Crippen LogP contribution in [0.25, 0.3) is 0 Å². The summed E-state index contributed by atoms with van der Waals surface area (Å²) in [5.41, 5.74) is 0.755. The molecule has 0 aliphatic heterocycles. The van der Waals surface area contributed by atoms with Gasteiger partial charge in [0, 0.05) is 5.33 Å². The minimum Gasteiger partial charge on any atom is -0.508 e. The fraction of sp³-hybridized carbons (Fsp3) is 0.533. The molecule has 0 fully saturated rings. The van der Waals surface area contributed by atoms with Crippen molar-refractivity contribution in [3.63, 3.8) is 0 Å².